The van der Waals surface area contributed by atoms with E-state index in [1.54, 1.807) is 6.92 Å². The second-order valence-electron chi connectivity index (χ2n) is 6.50. The minimum atomic E-state index is -0.581. The highest BCUT2D eigenvalue weighted by molar-refractivity contribution is 9.10. The third-order valence-electron chi connectivity index (χ3n) is 3.53. The molecule has 1 N–H and O–H groups in total. The quantitative estimate of drug-likeness (QED) is 0.801. The molecule has 0 fully saturated rings. The average Bonchev–Trinajstić information content (AvgIpc) is 2.49. The van der Waals surface area contributed by atoms with Gasteiger partial charge in [0.1, 0.15) is 5.75 Å². The van der Waals surface area contributed by atoms with Gasteiger partial charge in [-0.1, -0.05) is 45.0 Å². The molecule has 0 radical (unpaired) electrons. The van der Waals surface area contributed by atoms with E-state index < -0.39 is 6.10 Å². The standard InChI is InChI=1S/C19H22BrNO2/c1-13(18(22)21-17-8-6-5-7-16(17)20)23-15-11-9-14(10-12-15)19(2,3)4/h5-13H,1-4H3,(H,21,22)/t13-/m1/s1. The Labute approximate surface area is 146 Å². The van der Waals surface area contributed by atoms with Crippen molar-refractivity contribution < 1.29 is 9.53 Å². The number of ether oxygens (including phenoxy) is 1. The van der Waals surface area contributed by atoms with Crippen LogP contribution in [0.4, 0.5) is 5.69 Å². The Morgan fingerprint density at radius 3 is 2.26 bits per heavy atom. The molecule has 0 aliphatic carbocycles. The Kier molecular flexibility index (Phi) is 5.47. The summed E-state index contributed by atoms with van der Waals surface area (Å²) in [5.74, 6) is 0.504. The van der Waals surface area contributed by atoms with E-state index >= 15 is 0 Å². The van der Waals surface area contributed by atoms with Crippen molar-refractivity contribution in [1.29, 1.82) is 0 Å². The molecule has 1 amide bonds. The molecule has 0 aliphatic rings. The van der Waals surface area contributed by atoms with E-state index in [0.717, 1.165) is 10.2 Å². The Morgan fingerprint density at radius 2 is 1.70 bits per heavy atom. The summed E-state index contributed by atoms with van der Waals surface area (Å²) in [7, 11) is 0. The monoisotopic (exact) mass is 375 g/mol. The van der Waals surface area contributed by atoms with Gasteiger partial charge in [0.25, 0.3) is 5.91 Å². The van der Waals surface area contributed by atoms with E-state index in [0.29, 0.717) is 5.75 Å². The Bertz CT molecular complexity index is 675. The van der Waals surface area contributed by atoms with Gasteiger partial charge in [0.15, 0.2) is 6.10 Å². The molecule has 0 saturated carbocycles. The summed E-state index contributed by atoms with van der Waals surface area (Å²) in [6.07, 6.45) is -0.581. The SMILES string of the molecule is C[C@@H](Oc1ccc(C(C)(C)C)cc1)C(=O)Nc1ccccc1Br. The molecule has 0 unspecified atom stereocenters. The molecular weight excluding hydrogens is 354 g/mol. The van der Waals surface area contributed by atoms with Crippen LogP contribution >= 0.6 is 15.9 Å². The Morgan fingerprint density at radius 1 is 1.09 bits per heavy atom. The van der Waals surface area contributed by atoms with Crippen LogP contribution < -0.4 is 10.1 Å². The fourth-order valence-electron chi connectivity index (χ4n) is 2.09. The maximum absolute atomic E-state index is 12.2. The fraction of sp³-hybridized carbons (Fsp3) is 0.316. The molecule has 23 heavy (non-hydrogen) atoms. The van der Waals surface area contributed by atoms with E-state index in [-0.39, 0.29) is 11.3 Å². The van der Waals surface area contributed by atoms with Crippen LogP contribution in [0.3, 0.4) is 0 Å². The molecule has 0 spiro atoms. The lowest BCUT2D eigenvalue weighted by Crippen LogP contribution is -2.30. The van der Waals surface area contributed by atoms with Crippen molar-refractivity contribution in [3.05, 3.63) is 58.6 Å². The van der Waals surface area contributed by atoms with E-state index in [1.807, 2.05) is 48.5 Å². The van der Waals surface area contributed by atoms with Gasteiger partial charge in [-0.25, -0.2) is 0 Å². The first-order chi connectivity index (χ1) is 10.8. The van der Waals surface area contributed by atoms with Gasteiger partial charge in [-0.15, -0.1) is 0 Å². The third-order valence-corrected chi connectivity index (χ3v) is 4.23. The van der Waals surface area contributed by atoms with E-state index in [4.69, 9.17) is 4.74 Å². The van der Waals surface area contributed by atoms with Gasteiger partial charge in [-0.2, -0.15) is 0 Å². The Hall–Kier alpha value is -1.81. The molecule has 0 aromatic heterocycles. The van der Waals surface area contributed by atoms with E-state index in [9.17, 15) is 4.79 Å². The zero-order chi connectivity index (χ0) is 17.0. The van der Waals surface area contributed by atoms with Crippen molar-refractivity contribution in [2.24, 2.45) is 0 Å². The topological polar surface area (TPSA) is 38.3 Å². The summed E-state index contributed by atoms with van der Waals surface area (Å²) in [6, 6.07) is 15.4. The number of amides is 1. The van der Waals surface area contributed by atoms with Crippen molar-refractivity contribution in [3.8, 4) is 5.75 Å². The van der Waals surface area contributed by atoms with Crippen LogP contribution in [0.1, 0.15) is 33.3 Å². The predicted octanol–water partition coefficient (Wildman–Crippen LogP) is 5.15. The number of rotatable bonds is 4. The summed E-state index contributed by atoms with van der Waals surface area (Å²) >= 11 is 3.41. The van der Waals surface area contributed by atoms with Gasteiger partial charge in [-0.3, -0.25) is 4.79 Å². The smallest absolute Gasteiger partial charge is 0.265 e. The first-order valence-corrected chi connectivity index (χ1v) is 8.39. The van der Waals surface area contributed by atoms with Gasteiger partial charge in [0.05, 0.1) is 5.69 Å². The van der Waals surface area contributed by atoms with Crippen molar-refractivity contribution in [1.82, 2.24) is 0 Å². The molecule has 0 saturated heterocycles. The molecule has 1 atom stereocenters. The minimum Gasteiger partial charge on any atom is -0.481 e. The van der Waals surface area contributed by atoms with Crippen LogP contribution in [0.15, 0.2) is 53.0 Å². The van der Waals surface area contributed by atoms with E-state index in [2.05, 4.69) is 42.0 Å². The minimum absolute atomic E-state index is 0.0983. The van der Waals surface area contributed by atoms with Crippen LogP contribution in [0.2, 0.25) is 0 Å². The number of carbonyl (C=O) groups is 1. The molecule has 0 aliphatic heterocycles. The summed E-state index contributed by atoms with van der Waals surface area (Å²) in [4.78, 5) is 12.2. The van der Waals surface area contributed by atoms with Gasteiger partial charge >= 0.3 is 0 Å². The largest absolute Gasteiger partial charge is 0.481 e. The summed E-state index contributed by atoms with van der Waals surface area (Å²) in [5.41, 5.74) is 2.06. The van der Waals surface area contributed by atoms with Gasteiger partial charge in [0.2, 0.25) is 0 Å². The van der Waals surface area contributed by atoms with Crippen LogP contribution in [0.5, 0.6) is 5.75 Å². The number of nitrogens with one attached hydrogen (secondary N) is 1. The number of anilines is 1. The molecule has 122 valence electrons. The van der Waals surface area contributed by atoms with Gasteiger partial charge in [0, 0.05) is 4.47 Å². The van der Waals surface area contributed by atoms with Crippen molar-refractivity contribution >= 4 is 27.5 Å². The van der Waals surface area contributed by atoms with E-state index in [1.165, 1.54) is 5.56 Å². The number of benzene rings is 2. The van der Waals surface area contributed by atoms with Crippen LogP contribution in [0, 0.1) is 0 Å². The average molecular weight is 376 g/mol. The fourth-order valence-corrected chi connectivity index (χ4v) is 2.47. The summed E-state index contributed by atoms with van der Waals surface area (Å²) in [6.45, 7) is 8.23. The number of hydrogen-bond acceptors (Lipinski definition) is 2. The maximum atomic E-state index is 12.2. The maximum Gasteiger partial charge on any atom is 0.265 e. The van der Waals surface area contributed by atoms with Gasteiger partial charge in [-0.05, 0) is 58.1 Å². The van der Waals surface area contributed by atoms with Crippen molar-refractivity contribution in [2.75, 3.05) is 5.32 Å². The van der Waals surface area contributed by atoms with Crippen LogP contribution in [0.25, 0.3) is 0 Å². The summed E-state index contributed by atoms with van der Waals surface area (Å²) in [5, 5.41) is 2.86. The lowest BCUT2D eigenvalue weighted by atomic mass is 9.87. The molecular formula is C19H22BrNO2. The highest BCUT2D eigenvalue weighted by Gasteiger charge is 2.17. The zero-order valence-corrected chi connectivity index (χ0v) is 15.5. The molecule has 0 heterocycles. The number of hydrogen-bond donors (Lipinski definition) is 1. The zero-order valence-electron chi connectivity index (χ0n) is 13.9. The van der Waals surface area contributed by atoms with Crippen LogP contribution in [-0.4, -0.2) is 12.0 Å². The molecule has 2 aromatic carbocycles. The van der Waals surface area contributed by atoms with Crippen molar-refractivity contribution in [2.45, 2.75) is 39.2 Å². The third kappa shape index (κ3) is 4.83. The number of para-hydroxylation sites is 1. The molecule has 0 bridgehead atoms. The normalized spacial score (nSPS) is 12.6. The predicted molar refractivity (Wildman–Crippen MR) is 98.0 cm³/mol. The number of carbonyl (C=O) groups excluding carboxylic acids is 1. The second kappa shape index (κ2) is 7.18. The van der Waals surface area contributed by atoms with Gasteiger partial charge < -0.3 is 10.1 Å². The molecule has 4 heteroatoms. The van der Waals surface area contributed by atoms with Crippen LogP contribution in [-0.2, 0) is 10.2 Å². The Balaban J connectivity index is 2.00. The molecule has 2 rings (SSSR count). The lowest BCUT2D eigenvalue weighted by molar-refractivity contribution is -0.122. The first kappa shape index (κ1) is 17.5. The highest BCUT2D eigenvalue weighted by atomic mass is 79.9. The highest BCUT2D eigenvalue weighted by Crippen LogP contribution is 2.25. The molecule has 2 aromatic rings. The lowest BCUT2D eigenvalue weighted by Gasteiger charge is -2.20. The summed E-state index contributed by atoms with van der Waals surface area (Å²) < 4.78 is 6.57. The first-order valence-electron chi connectivity index (χ1n) is 7.60. The molecule has 3 nitrogen and oxygen atoms in total. The number of halogens is 1. The second-order valence-corrected chi connectivity index (χ2v) is 7.36. The van der Waals surface area contributed by atoms with Crippen molar-refractivity contribution in [3.63, 3.8) is 0 Å².